The van der Waals surface area contributed by atoms with Gasteiger partial charge in [-0.25, -0.2) is 20.4 Å². The Morgan fingerprint density at radius 3 is 2.06 bits per heavy atom. The first-order valence-corrected chi connectivity index (χ1v) is 6.00. The van der Waals surface area contributed by atoms with Crippen molar-refractivity contribution >= 4 is 12.2 Å². The summed E-state index contributed by atoms with van der Waals surface area (Å²) >= 11 is 0. The molecule has 0 aromatic heterocycles. The van der Waals surface area contributed by atoms with Crippen molar-refractivity contribution in [1.29, 1.82) is 10.8 Å². The van der Waals surface area contributed by atoms with E-state index in [-0.39, 0.29) is 0 Å². The van der Waals surface area contributed by atoms with E-state index in [1.54, 1.807) is 22.3 Å². The Bertz CT molecular complexity index is 460. The molecule has 3 aliphatic carbocycles. The molecule has 0 bridgehead atoms. The van der Waals surface area contributed by atoms with Crippen molar-refractivity contribution in [2.75, 3.05) is 0 Å². The lowest BCUT2D eigenvalue weighted by Crippen LogP contribution is -2.16. The molecule has 0 unspecified atom stereocenters. The van der Waals surface area contributed by atoms with Gasteiger partial charge in [-0.2, -0.15) is 0 Å². The summed E-state index contributed by atoms with van der Waals surface area (Å²) in [4.78, 5) is 16.7. The molecule has 1 fully saturated rings. The molecule has 4 heteroatoms. The second-order valence-electron chi connectivity index (χ2n) is 4.20. The molecule has 0 aromatic carbocycles. The maximum absolute atomic E-state index is 8.35. The monoisotopic (exact) mass is 244 g/mol. The summed E-state index contributed by atoms with van der Waals surface area (Å²) in [7, 11) is 0. The van der Waals surface area contributed by atoms with Gasteiger partial charge < -0.3 is 0 Å². The second-order valence-corrected chi connectivity index (χ2v) is 4.20. The smallest absolute Gasteiger partial charge is 0.222 e. The molecule has 0 saturated heterocycles. The highest BCUT2D eigenvalue weighted by molar-refractivity contribution is 5.65. The number of allylic oxidation sites excluding steroid dienone is 6. The number of rotatable bonds is 0. The summed E-state index contributed by atoms with van der Waals surface area (Å²) in [5.74, 6) is 0. The minimum Gasteiger partial charge on any atom is -0.222 e. The van der Waals surface area contributed by atoms with Crippen molar-refractivity contribution in [2.45, 2.75) is 38.5 Å². The molecule has 18 heavy (non-hydrogen) atoms. The molecule has 3 rings (SSSR count). The molecule has 0 amide bonds. The Hall–Kier alpha value is -2.02. The molecule has 0 heterocycles. The van der Waals surface area contributed by atoms with Crippen LogP contribution in [-0.4, -0.2) is 12.2 Å². The van der Waals surface area contributed by atoms with Gasteiger partial charge in [-0.1, -0.05) is 12.2 Å². The van der Waals surface area contributed by atoms with Crippen LogP contribution >= 0.6 is 0 Å². The van der Waals surface area contributed by atoms with Gasteiger partial charge >= 0.3 is 0 Å². The van der Waals surface area contributed by atoms with E-state index in [9.17, 15) is 0 Å². The van der Waals surface area contributed by atoms with Crippen LogP contribution in [0.5, 0.6) is 0 Å². The van der Waals surface area contributed by atoms with Crippen molar-refractivity contribution in [3.63, 3.8) is 0 Å². The molecule has 0 aliphatic heterocycles. The van der Waals surface area contributed by atoms with Gasteiger partial charge in [-0.3, -0.25) is 0 Å². The molecular formula is C14H16N2O2. The maximum atomic E-state index is 8.35. The minimum atomic E-state index is 0.750. The van der Waals surface area contributed by atoms with Crippen LogP contribution < -0.4 is 0 Å². The lowest BCUT2D eigenvalue weighted by molar-refractivity contribution is 0.562. The van der Waals surface area contributed by atoms with Crippen LogP contribution in [0.2, 0.25) is 0 Å². The zero-order valence-electron chi connectivity index (χ0n) is 10.2. The number of nitrogens with one attached hydrogen (secondary N) is 2. The lowest BCUT2D eigenvalue weighted by atomic mass is 9.70. The first kappa shape index (κ1) is 14.0. The maximum Gasteiger partial charge on any atom is 0.231 e. The molecule has 0 radical (unpaired) electrons. The molecule has 94 valence electrons. The van der Waals surface area contributed by atoms with E-state index in [2.05, 4.69) is 12.2 Å². The van der Waals surface area contributed by atoms with Crippen molar-refractivity contribution in [3.05, 3.63) is 34.4 Å². The van der Waals surface area contributed by atoms with Gasteiger partial charge in [-0.15, -0.1) is 0 Å². The fraction of sp³-hybridized carbons (Fsp3) is 0.429. The molecule has 4 nitrogen and oxygen atoms in total. The Labute approximate surface area is 106 Å². The van der Waals surface area contributed by atoms with Crippen LogP contribution in [0, 0.1) is 10.8 Å². The largest absolute Gasteiger partial charge is 0.231 e. The van der Waals surface area contributed by atoms with E-state index < -0.39 is 0 Å². The molecule has 0 spiro atoms. The Morgan fingerprint density at radius 1 is 0.889 bits per heavy atom. The minimum absolute atomic E-state index is 0.750. The third kappa shape index (κ3) is 3.01. The number of carbonyl (C=O) groups excluding carboxylic acids is 2. The summed E-state index contributed by atoms with van der Waals surface area (Å²) in [6, 6.07) is 0. The Kier molecular flexibility index (Phi) is 5.72. The first-order chi connectivity index (χ1) is 8.79. The predicted molar refractivity (Wildman–Crippen MR) is 67.7 cm³/mol. The van der Waals surface area contributed by atoms with Gasteiger partial charge in [0.25, 0.3) is 0 Å². The van der Waals surface area contributed by atoms with E-state index in [0.717, 1.165) is 12.2 Å². The molecule has 2 N–H and O–H groups in total. The highest BCUT2D eigenvalue weighted by atomic mass is 16.1. The van der Waals surface area contributed by atoms with Crippen molar-refractivity contribution in [3.8, 4) is 0 Å². The van der Waals surface area contributed by atoms with Gasteiger partial charge in [0, 0.05) is 0 Å². The van der Waals surface area contributed by atoms with E-state index >= 15 is 0 Å². The third-order valence-electron chi connectivity index (χ3n) is 3.33. The van der Waals surface area contributed by atoms with Gasteiger partial charge in [0.1, 0.15) is 0 Å². The van der Waals surface area contributed by atoms with E-state index in [1.807, 2.05) is 0 Å². The van der Waals surface area contributed by atoms with Crippen molar-refractivity contribution in [2.24, 2.45) is 0 Å². The Balaban J connectivity index is 0.000000234. The predicted octanol–water partition coefficient (Wildman–Crippen LogP) is 3.32. The average Bonchev–Trinajstić information content (AvgIpc) is 2.38. The highest BCUT2D eigenvalue weighted by Crippen LogP contribution is 2.47. The van der Waals surface area contributed by atoms with Gasteiger partial charge in [0.15, 0.2) is 0 Å². The zero-order chi connectivity index (χ0) is 13.4. The summed E-state index contributed by atoms with van der Waals surface area (Å²) in [5, 5.41) is 10.8. The van der Waals surface area contributed by atoms with Gasteiger partial charge in [0.05, 0.1) is 0 Å². The molecule has 3 aliphatic rings. The van der Waals surface area contributed by atoms with Crippen molar-refractivity contribution < 1.29 is 9.59 Å². The summed E-state index contributed by atoms with van der Waals surface area (Å²) in [6.07, 6.45) is 14.4. The summed E-state index contributed by atoms with van der Waals surface area (Å²) in [5.41, 5.74) is 6.80. The number of isocyanates is 2. The third-order valence-corrected chi connectivity index (χ3v) is 3.33. The fourth-order valence-electron chi connectivity index (χ4n) is 2.73. The van der Waals surface area contributed by atoms with Crippen molar-refractivity contribution in [1.82, 2.24) is 0 Å². The fourth-order valence-corrected chi connectivity index (χ4v) is 2.73. The number of fused-ring (bicyclic) bond motifs is 2. The Morgan fingerprint density at radius 2 is 1.44 bits per heavy atom. The number of hydrogen-bond donors (Lipinski definition) is 2. The number of hydrogen-bond acceptors (Lipinski definition) is 4. The SMILES string of the molecule is C1=CC2=C3CCCCC3=C2CC1.N=C=O.N=C=O. The van der Waals surface area contributed by atoms with Crippen LogP contribution in [0.1, 0.15) is 38.5 Å². The summed E-state index contributed by atoms with van der Waals surface area (Å²) < 4.78 is 0. The van der Waals surface area contributed by atoms with Gasteiger partial charge in [-0.05, 0) is 60.8 Å². The average molecular weight is 244 g/mol. The van der Waals surface area contributed by atoms with Crippen LogP contribution in [0.15, 0.2) is 34.4 Å². The van der Waals surface area contributed by atoms with E-state index in [0.29, 0.717) is 0 Å². The lowest BCUT2D eigenvalue weighted by Gasteiger charge is -2.35. The summed E-state index contributed by atoms with van der Waals surface area (Å²) in [6.45, 7) is 0. The highest BCUT2D eigenvalue weighted by Gasteiger charge is 2.29. The molecule has 0 atom stereocenters. The zero-order valence-corrected chi connectivity index (χ0v) is 10.2. The van der Waals surface area contributed by atoms with Gasteiger partial charge in [0.2, 0.25) is 12.2 Å². The topological polar surface area (TPSA) is 81.8 Å². The van der Waals surface area contributed by atoms with Crippen LogP contribution in [0.3, 0.4) is 0 Å². The molecular weight excluding hydrogens is 228 g/mol. The van der Waals surface area contributed by atoms with Crippen LogP contribution in [-0.2, 0) is 9.59 Å². The quantitative estimate of drug-likeness (QED) is 0.506. The molecule has 1 saturated carbocycles. The second kappa shape index (κ2) is 7.33. The van der Waals surface area contributed by atoms with E-state index in [1.165, 1.54) is 38.5 Å². The standard InChI is InChI=1S/C12H14.2CHNO/c1-2-6-10-9(5-1)11-7-3-4-8-12(10)11;2*2-1-3/h1,5H,2-4,6-8H2;2*2H. The van der Waals surface area contributed by atoms with E-state index in [4.69, 9.17) is 20.4 Å². The van der Waals surface area contributed by atoms with Crippen LogP contribution in [0.25, 0.3) is 0 Å². The van der Waals surface area contributed by atoms with Crippen LogP contribution in [0.4, 0.5) is 0 Å². The normalized spacial score (nSPS) is 18.7. The molecule has 0 aromatic rings. The first-order valence-electron chi connectivity index (χ1n) is 6.00.